The highest BCUT2D eigenvalue weighted by atomic mass is 35.5. The van der Waals surface area contributed by atoms with Crippen LogP contribution in [0.2, 0.25) is 5.15 Å². The summed E-state index contributed by atoms with van der Waals surface area (Å²) in [5.74, 6) is 1.20. The predicted molar refractivity (Wildman–Crippen MR) is 82.7 cm³/mol. The molecule has 1 heterocycles. The fourth-order valence-corrected chi connectivity index (χ4v) is 2.91. The zero-order chi connectivity index (χ0) is 14.6. The Morgan fingerprint density at radius 3 is 2.37 bits per heavy atom. The van der Waals surface area contributed by atoms with Gasteiger partial charge in [0.15, 0.2) is 0 Å². The molecule has 0 aliphatic rings. The van der Waals surface area contributed by atoms with E-state index in [1.54, 1.807) is 4.68 Å². The maximum absolute atomic E-state index is 6.35. The highest BCUT2D eigenvalue weighted by Crippen LogP contribution is 2.27. The van der Waals surface area contributed by atoms with Crippen LogP contribution in [0.15, 0.2) is 0 Å². The number of hydrogen-bond acceptors (Lipinski definition) is 2. The summed E-state index contributed by atoms with van der Waals surface area (Å²) in [7, 11) is 1.90. The highest BCUT2D eigenvalue weighted by molar-refractivity contribution is 6.30. The van der Waals surface area contributed by atoms with Gasteiger partial charge >= 0.3 is 0 Å². The lowest BCUT2D eigenvalue weighted by atomic mass is 9.84. The lowest BCUT2D eigenvalue weighted by molar-refractivity contribution is 0.289. The Hall–Kier alpha value is -0.540. The molecule has 0 aliphatic heterocycles. The van der Waals surface area contributed by atoms with Crippen LogP contribution in [-0.4, -0.2) is 22.4 Å². The van der Waals surface area contributed by atoms with Gasteiger partial charge in [-0.1, -0.05) is 32.4 Å². The second-order valence-electron chi connectivity index (χ2n) is 5.83. The van der Waals surface area contributed by atoms with Crippen molar-refractivity contribution in [2.24, 2.45) is 18.9 Å². The van der Waals surface area contributed by atoms with Crippen LogP contribution >= 0.6 is 11.6 Å². The van der Waals surface area contributed by atoms with E-state index in [-0.39, 0.29) is 0 Å². The van der Waals surface area contributed by atoms with Crippen molar-refractivity contribution < 1.29 is 0 Å². The van der Waals surface area contributed by atoms with Crippen molar-refractivity contribution in [3.63, 3.8) is 0 Å². The van der Waals surface area contributed by atoms with Gasteiger partial charge in [0.1, 0.15) is 5.15 Å². The van der Waals surface area contributed by atoms with E-state index in [1.807, 2.05) is 14.0 Å². The molecule has 0 amide bonds. The standard InChI is InChI=1S/C15H28ClN3/c1-7-8-17-11(4)13(10(2)3)9-14-12(5)18-19(6)15(14)16/h10-11,13,17H,7-9H2,1-6H3. The van der Waals surface area contributed by atoms with E-state index < -0.39 is 0 Å². The quantitative estimate of drug-likeness (QED) is 0.830. The largest absolute Gasteiger partial charge is 0.314 e. The van der Waals surface area contributed by atoms with Crippen LogP contribution in [0.3, 0.4) is 0 Å². The van der Waals surface area contributed by atoms with Crippen LogP contribution in [0.25, 0.3) is 0 Å². The fraction of sp³-hybridized carbons (Fsp3) is 0.800. The number of rotatable bonds is 7. The molecule has 0 bridgehead atoms. The molecule has 0 radical (unpaired) electrons. The van der Waals surface area contributed by atoms with Crippen LogP contribution < -0.4 is 5.32 Å². The molecule has 1 aromatic rings. The molecule has 0 saturated heterocycles. The summed E-state index contributed by atoms with van der Waals surface area (Å²) in [5, 5.41) is 8.80. The predicted octanol–water partition coefficient (Wildman–Crippen LogP) is 3.58. The number of halogens is 1. The summed E-state index contributed by atoms with van der Waals surface area (Å²) < 4.78 is 1.77. The van der Waals surface area contributed by atoms with Gasteiger partial charge in [-0.05, 0) is 45.1 Å². The van der Waals surface area contributed by atoms with Crippen LogP contribution in [0.1, 0.15) is 45.4 Å². The van der Waals surface area contributed by atoms with Gasteiger partial charge in [-0.3, -0.25) is 4.68 Å². The first-order valence-electron chi connectivity index (χ1n) is 7.29. The maximum atomic E-state index is 6.35. The molecule has 4 heteroatoms. The average molecular weight is 286 g/mol. The third-order valence-corrected chi connectivity index (χ3v) is 4.40. The lowest BCUT2D eigenvalue weighted by Gasteiger charge is -2.28. The van der Waals surface area contributed by atoms with Gasteiger partial charge in [0.05, 0.1) is 5.69 Å². The SMILES string of the molecule is CCCNC(C)C(Cc1c(C)nn(C)c1Cl)C(C)C. The summed E-state index contributed by atoms with van der Waals surface area (Å²) in [6.45, 7) is 12.2. The van der Waals surface area contributed by atoms with Crippen LogP contribution in [-0.2, 0) is 13.5 Å². The molecule has 0 aromatic carbocycles. The Morgan fingerprint density at radius 2 is 1.95 bits per heavy atom. The molecule has 0 spiro atoms. The van der Waals surface area contributed by atoms with Gasteiger partial charge in [0, 0.05) is 18.7 Å². The van der Waals surface area contributed by atoms with Crippen LogP contribution in [0, 0.1) is 18.8 Å². The van der Waals surface area contributed by atoms with Crippen molar-refractivity contribution in [1.29, 1.82) is 0 Å². The molecule has 110 valence electrons. The van der Waals surface area contributed by atoms with Gasteiger partial charge in [-0.15, -0.1) is 0 Å². The van der Waals surface area contributed by atoms with Gasteiger partial charge in [-0.25, -0.2) is 0 Å². The smallest absolute Gasteiger partial charge is 0.130 e. The minimum Gasteiger partial charge on any atom is -0.314 e. The minimum atomic E-state index is 0.496. The highest BCUT2D eigenvalue weighted by Gasteiger charge is 2.24. The third-order valence-electron chi connectivity index (χ3n) is 3.92. The van der Waals surface area contributed by atoms with Gasteiger partial charge < -0.3 is 5.32 Å². The molecule has 0 aliphatic carbocycles. The Morgan fingerprint density at radius 1 is 1.32 bits per heavy atom. The number of aryl methyl sites for hydroxylation is 2. The molecule has 19 heavy (non-hydrogen) atoms. The zero-order valence-electron chi connectivity index (χ0n) is 13.1. The Balaban J connectivity index is 2.83. The molecule has 2 atom stereocenters. The molecular weight excluding hydrogens is 258 g/mol. The first-order valence-corrected chi connectivity index (χ1v) is 7.67. The maximum Gasteiger partial charge on any atom is 0.130 e. The van der Waals surface area contributed by atoms with E-state index >= 15 is 0 Å². The molecule has 1 aromatic heterocycles. The molecular formula is C15H28ClN3. The molecule has 0 saturated carbocycles. The van der Waals surface area contributed by atoms with Crippen LogP contribution in [0.5, 0.6) is 0 Å². The lowest BCUT2D eigenvalue weighted by Crippen LogP contribution is -2.37. The number of nitrogens with zero attached hydrogens (tertiary/aromatic N) is 2. The molecule has 3 nitrogen and oxygen atoms in total. The van der Waals surface area contributed by atoms with Crippen molar-refractivity contribution in [3.05, 3.63) is 16.4 Å². The molecule has 0 fully saturated rings. The van der Waals surface area contributed by atoms with E-state index in [0.29, 0.717) is 17.9 Å². The van der Waals surface area contributed by atoms with Crippen molar-refractivity contribution >= 4 is 11.6 Å². The normalized spacial score (nSPS) is 14.9. The van der Waals surface area contributed by atoms with Crippen molar-refractivity contribution in [2.45, 2.75) is 53.5 Å². The number of nitrogens with one attached hydrogen (secondary N) is 1. The van der Waals surface area contributed by atoms with Gasteiger partial charge in [0.2, 0.25) is 0 Å². The topological polar surface area (TPSA) is 29.9 Å². The van der Waals surface area contributed by atoms with Gasteiger partial charge in [-0.2, -0.15) is 5.10 Å². The zero-order valence-corrected chi connectivity index (χ0v) is 13.9. The summed E-state index contributed by atoms with van der Waals surface area (Å²) in [6, 6.07) is 0.496. The monoisotopic (exact) mass is 285 g/mol. The summed E-state index contributed by atoms with van der Waals surface area (Å²) >= 11 is 6.35. The third kappa shape index (κ3) is 4.22. The first kappa shape index (κ1) is 16.5. The number of hydrogen-bond donors (Lipinski definition) is 1. The van der Waals surface area contributed by atoms with E-state index in [2.05, 4.69) is 38.1 Å². The Bertz CT molecular complexity index is 398. The summed E-state index contributed by atoms with van der Waals surface area (Å²) in [5.41, 5.74) is 2.26. The fourth-order valence-electron chi connectivity index (χ4n) is 2.65. The summed E-state index contributed by atoms with van der Waals surface area (Å²) in [6.07, 6.45) is 2.16. The second kappa shape index (κ2) is 7.30. The van der Waals surface area contributed by atoms with E-state index in [0.717, 1.165) is 23.8 Å². The molecule has 2 unspecified atom stereocenters. The second-order valence-corrected chi connectivity index (χ2v) is 6.19. The first-order chi connectivity index (χ1) is 8.88. The van der Waals surface area contributed by atoms with Crippen molar-refractivity contribution in [2.75, 3.05) is 6.54 Å². The Kier molecular flexibility index (Phi) is 6.34. The van der Waals surface area contributed by atoms with Crippen LogP contribution in [0.4, 0.5) is 0 Å². The number of aromatic nitrogens is 2. The minimum absolute atomic E-state index is 0.496. The van der Waals surface area contributed by atoms with E-state index in [4.69, 9.17) is 11.6 Å². The van der Waals surface area contributed by atoms with Gasteiger partial charge in [0.25, 0.3) is 0 Å². The molecule has 1 N–H and O–H groups in total. The average Bonchev–Trinajstić information content (AvgIpc) is 2.58. The van der Waals surface area contributed by atoms with Crippen molar-refractivity contribution in [1.82, 2.24) is 15.1 Å². The van der Waals surface area contributed by atoms with E-state index in [9.17, 15) is 0 Å². The molecule has 1 rings (SSSR count). The van der Waals surface area contributed by atoms with E-state index in [1.165, 1.54) is 12.0 Å². The van der Waals surface area contributed by atoms with Crippen molar-refractivity contribution in [3.8, 4) is 0 Å². The Labute approximate surface area is 122 Å². The summed E-state index contributed by atoms with van der Waals surface area (Å²) in [4.78, 5) is 0.